The molecule has 0 aromatic heterocycles. The van der Waals surface area contributed by atoms with Gasteiger partial charge in [0.05, 0.1) is 30.3 Å². The van der Waals surface area contributed by atoms with Crippen LogP contribution in [-0.2, 0) is 33.6 Å². The van der Waals surface area contributed by atoms with E-state index in [9.17, 15) is 29.7 Å². The van der Waals surface area contributed by atoms with Crippen LogP contribution in [0, 0.1) is 5.92 Å². The topological polar surface area (TPSA) is 200 Å². The lowest BCUT2D eigenvalue weighted by atomic mass is 9.92. The van der Waals surface area contributed by atoms with Crippen molar-refractivity contribution in [2.24, 2.45) is 17.4 Å². The van der Waals surface area contributed by atoms with Crippen molar-refractivity contribution in [2.45, 2.75) is 95.9 Å². The van der Waals surface area contributed by atoms with E-state index in [-0.39, 0.29) is 31.7 Å². The monoisotopic (exact) mass is 705 g/mol. The van der Waals surface area contributed by atoms with Crippen molar-refractivity contribution in [1.29, 1.82) is 0 Å². The standard InChI is InChI=1S/C39H55N5O7/c1-25(2)35(36(41)48)44(37(49)29(40)22-28-18-12-13-19-32(28)45)31(21-27-16-10-7-11-17-27)34(47)24-42-23-33(46)30(20-26-14-8-6-9-15-26)43-38(50)51-39(3,4)5/h6-19,25,29-31,33-35,42,45-47H,20-24,40H2,1-5H3,(H2,41,48)(H,43,50)/t29-,30+,31+,33?,34?,35-/m0/s1. The number of nitrogens with one attached hydrogen (secondary N) is 2. The highest BCUT2D eigenvalue weighted by atomic mass is 16.6. The number of rotatable bonds is 18. The number of hydrogen-bond donors (Lipinski definition) is 7. The minimum atomic E-state index is -1.26. The number of ether oxygens (including phenoxy) is 1. The zero-order chi connectivity index (χ0) is 37.7. The summed E-state index contributed by atoms with van der Waals surface area (Å²) in [5.41, 5.74) is 13.8. The number of hydrogen-bond acceptors (Lipinski definition) is 9. The lowest BCUT2D eigenvalue weighted by molar-refractivity contribution is -0.148. The van der Waals surface area contributed by atoms with E-state index in [1.165, 1.54) is 11.0 Å². The third-order valence-electron chi connectivity index (χ3n) is 8.49. The fourth-order valence-corrected chi connectivity index (χ4v) is 6.04. The summed E-state index contributed by atoms with van der Waals surface area (Å²) >= 11 is 0. The SMILES string of the molecule is CC(C)[C@@H](C(N)=O)N(C(=O)[C@@H](N)Cc1ccccc1O)[C@H](Cc1ccccc1)C(O)CNCC(O)[C@@H](Cc1ccccc1)NC(=O)OC(C)(C)C. The molecule has 3 amide bonds. The number of phenolic OH excluding ortho intramolecular Hbond substituents is 1. The van der Waals surface area contributed by atoms with E-state index in [0.29, 0.717) is 12.0 Å². The van der Waals surface area contributed by atoms with Gasteiger partial charge < -0.3 is 47.1 Å². The molecule has 6 atom stereocenters. The Labute approximate surface area is 301 Å². The van der Waals surface area contributed by atoms with Gasteiger partial charge in [-0.2, -0.15) is 0 Å². The van der Waals surface area contributed by atoms with Crippen LogP contribution in [0.15, 0.2) is 84.9 Å². The number of aliphatic hydroxyl groups excluding tert-OH is 2. The third kappa shape index (κ3) is 13.0. The first kappa shape index (κ1) is 40.9. The number of carbonyl (C=O) groups is 3. The first-order valence-corrected chi connectivity index (χ1v) is 17.4. The number of para-hydroxylation sites is 1. The molecule has 12 heteroatoms. The van der Waals surface area contributed by atoms with E-state index in [0.717, 1.165) is 11.1 Å². The van der Waals surface area contributed by atoms with Gasteiger partial charge >= 0.3 is 6.09 Å². The number of primary amides is 1. The van der Waals surface area contributed by atoms with Crippen molar-refractivity contribution in [2.75, 3.05) is 13.1 Å². The second-order valence-corrected chi connectivity index (χ2v) is 14.3. The largest absolute Gasteiger partial charge is 0.508 e. The Kier molecular flexibility index (Phi) is 15.4. The quantitative estimate of drug-likeness (QED) is 0.104. The molecule has 9 N–H and O–H groups in total. The summed E-state index contributed by atoms with van der Waals surface area (Å²) < 4.78 is 5.44. The van der Waals surface area contributed by atoms with E-state index >= 15 is 0 Å². The second kappa shape index (κ2) is 19.2. The first-order chi connectivity index (χ1) is 24.1. The molecule has 3 rings (SSSR count). The van der Waals surface area contributed by atoms with Crippen molar-refractivity contribution >= 4 is 17.9 Å². The predicted molar refractivity (Wildman–Crippen MR) is 197 cm³/mol. The fourth-order valence-electron chi connectivity index (χ4n) is 6.04. The summed E-state index contributed by atoms with van der Waals surface area (Å²) in [6, 6.07) is 21.2. The number of phenols is 1. The molecule has 3 aromatic rings. The lowest BCUT2D eigenvalue weighted by Crippen LogP contribution is -2.63. The van der Waals surface area contributed by atoms with E-state index in [1.807, 2.05) is 60.7 Å². The number of amides is 3. The van der Waals surface area contributed by atoms with Crippen molar-refractivity contribution in [3.05, 3.63) is 102 Å². The van der Waals surface area contributed by atoms with Crippen LogP contribution in [0.3, 0.4) is 0 Å². The van der Waals surface area contributed by atoms with Gasteiger partial charge in [0.2, 0.25) is 11.8 Å². The molecule has 278 valence electrons. The number of nitrogens with zero attached hydrogens (tertiary/aromatic N) is 1. The van der Waals surface area contributed by atoms with Crippen molar-refractivity contribution < 1.29 is 34.4 Å². The summed E-state index contributed by atoms with van der Waals surface area (Å²) in [7, 11) is 0. The van der Waals surface area contributed by atoms with E-state index < -0.39 is 65.8 Å². The van der Waals surface area contributed by atoms with Gasteiger partial charge in [-0.15, -0.1) is 0 Å². The second-order valence-electron chi connectivity index (χ2n) is 14.3. The van der Waals surface area contributed by atoms with Crippen molar-refractivity contribution in [3.8, 4) is 5.75 Å². The smallest absolute Gasteiger partial charge is 0.407 e. The maximum absolute atomic E-state index is 14.3. The number of aliphatic hydroxyl groups is 2. The van der Waals surface area contributed by atoms with Crippen LogP contribution in [0.1, 0.15) is 51.3 Å². The fraction of sp³-hybridized carbons (Fsp3) is 0.462. The van der Waals surface area contributed by atoms with Gasteiger partial charge in [0.1, 0.15) is 17.4 Å². The molecule has 0 saturated carbocycles. The van der Waals surface area contributed by atoms with Gasteiger partial charge in [-0.05, 0) is 62.3 Å². The normalized spacial score (nSPS) is 15.2. The van der Waals surface area contributed by atoms with Gasteiger partial charge in [-0.25, -0.2) is 4.79 Å². The highest BCUT2D eigenvalue weighted by molar-refractivity contribution is 5.89. The van der Waals surface area contributed by atoms with Crippen molar-refractivity contribution in [3.63, 3.8) is 0 Å². The molecule has 0 bridgehead atoms. The molecule has 0 aliphatic carbocycles. The Morgan fingerprint density at radius 3 is 1.86 bits per heavy atom. The number of carbonyl (C=O) groups excluding carboxylic acids is 3. The highest BCUT2D eigenvalue weighted by Gasteiger charge is 2.41. The molecular formula is C39H55N5O7. The minimum Gasteiger partial charge on any atom is -0.508 e. The average molecular weight is 706 g/mol. The van der Waals surface area contributed by atoms with Crippen LogP contribution in [0.4, 0.5) is 4.79 Å². The molecule has 51 heavy (non-hydrogen) atoms. The summed E-state index contributed by atoms with van der Waals surface area (Å²) in [6.45, 7) is 8.63. The number of benzene rings is 3. The average Bonchev–Trinajstić information content (AvgIpc) is 3.06. The van der Waals surface area contributed by atoms with Crippen LogP contribution >= 0.6 is 0 Å². The van der Waals surface area contributed by atoms with Gasteiger partial charge in [0.15, 0.2) is 0 Å². The third-order valence-corrected chi connectivity index (χ3v) is 8.49. The molecule has 0 radical (unpaired) electrons. The zero-order valence-electron chi connectivity index (χ0n) is 30.2. The molecule has 2 unspecified atom stereocenters. The first-order valence-electron chi connectivity index (χ1n) is 17.4. The summed E-state index contributed by atoms with van der Waals surface area (Å²) in [5.74, 6) is -1.81. The van der Waals surface area contributed by atoms with Crippen LogP contribution in [0.2, 0.25) is 0 Å². The molecule has 0 saturated heterocycles. The summed E-state index contributed by atoms with van der Waals surface area (Å²) in [4.78, 5) is 41.3. The Morgan fingerprint density at radius 1 is 0.804 bits per heavy atom. The Hall–Kier alpha value is -4.49. The molecule has 0 aliphatic heterocycles. The van der Waals surface area contributed by atoms with Crippen LogP contribution in [0.25, 0.3) is 0 Å². The Bertz CT molecular complexity index is 1530. The van der Waals surface area contributed by atoms with Gasteiger partial charge in [0.25, 0.3) is 0 Å². The molecule has 3 aromatic carbocycles. The maximum atomic E-state index is 14.3. The Morgan fingerprint density at radius 2 is 1.33 bits per heavy atom. The van der Waals surface area contributed by atoms with E-state index in [4.69, 9.17) is 16.2 Å². The van der Waals surface area contributed by atoms with Gasteiger partial charge in [-0.3, -0.25) is 9.59 Å². The molecule has 0 spiro atoms. The van der Waals surface area contributed by atoms with Crippen LogP contribution in [0.5, 0.6) is 5.75 Å². The Balaban J connectivity index is 1.88. The number of alkyl carbamates (subject to hydrolysis) is 1. The number of nitrogens with two attached hydrogens (primary N) is 2. The maximum Gasteiger partial charge on any atom is 0.407 e. The number of aromatic hydroxyl groups is 1. The molecular weight excluding hydrogens is 650 g/mol. The lowest BCUT2D eigenvalue weighted by Gasteiger charge is -2.42. The van der Waals surface area contributed by atoms with Gasteiger partial charge in [-0.1, -0.05) is 92.7 Å². The van der Waals surface area contributed by atoms with Crippen LogP contribution in [-0.4, -0.2) is 93.2 Å². The predicted octanol–water partition coefficient (Wildman–Crippen LogP) is 2.66. The van der Waals surface area contributed by atoms with Gasteiger partial charge in [0, 0.05) is 19.5 Å². The molecule has 0 aliphatic rings. The van der Waals surface area contributed by atoms with E-state index in [1.54, 1.807) is 52.8 Å². The van der Waals surface area contributed by atoms with Crippen molar-refractivity contribution in [1.82, 2.24) is 15.5 Å². The molecule has 12 nitrogen and oxygen atoms in total. The van der Waals surface area contributed by atoms with Crippen LogP contribution < -0.4 is 22.1 Å². The highest BCUT2D eigenvalue weighted by Crippen LogP contribution is 2.24. The molecule has 0 fully saturated rings. The molecule has 0 heterocycles. The van der Waals surface area contributed by atoms with E-state index in [2.05, 4.69) is 10.6 Å². The minimum absolute atomic E-state index is 0.0158. The summed E-state index contributed by atoms with van der Waals surface area (Å²) in [6.07, 6.45) is -2.58. The zero-order valence-corrected chi connectivity index (χ0v) is 30.2. The summed E-state index contributed by atoms with van der Waals surface area (Å²) in [5, 5.41) is 39.3.